The van der Waals surface area contributed by atoms with Gasteiger partial charge in [0.1, 0.15) is 0 Å². The van der Waals surface area contributed by atoms with E-state index in [0.717, 1.165) is 17.7 Å². The number of H-pyrrole nitrogens is 1. The Balaban J connectivity index is 1.45. The van der Waals surface area contributed by atoms with Crippen molar-refractivity contribution in [1.29, 1.82) is 0 Å². The monoisotopic (exact) mass is 460 g/mol. The van der Waals surface area contributed by atoms with Gasteiger partial charge in [-0.2, -0.15) is 13.2 Å². The molecular weight excluding hydrogens is 441 g/mol. The Kier molecular flexibility index (Phi) is 6.11. The number of aromatic amines is 1. The lowest BCUT2D eigenvalue weighted by molar-refractivity contribution is -0.136. The number of aromatic nitrogens is 1. The molecule has 0 radical (unpaired) electrons. The number of nitrogens with zero attached hydrogens (tertiary/aromatic N) is 1. The van der Waals surface area contributed by atoms with E-state index in [-0.39, 0.29) is 40.2 Å². The second-order valence-electron chi connectivity index (χ2n) is 7.65. The highest BCUT2D eigenvalue weighted by Gasteiger charge is 2.35. The molecule has 0 fully saturated rings. The lowest BCUT2D eigenvalue weighted by Crippen LogP contribution is -2.34. The number of benzene rings is 2. The fourth-order valence-electron chi connectivity index (χ4n) is 3.99. The topological polar surface area (TPSA) is 53.2 Å². The van der Waals surface area contributed by atoms with Crippen LogP contribution < -0.4 is 0 Å². The van der Waals surface area contributed by atoms with Crippen LogP contribution in [0.25, 0.3) is 16.5 Å². The average Bonchev–Trinajstić information content (AvgIpc) is 3.23. The summed E-state index contributed by atoms with van der Waals surface area (Å²) in [5, 5.41) is -0.159. The molecule has 166 valence electrons. The summed E-state index contributed by atoms with van der Waals surface area (Å²) in [4.78, 5) is 29.6. The summed E-state index contributed by atoms with van der Waals surface area (Å²) in [6.07, 6.45) is -0.945. The van der Waals surface area contributed by atoms with E-state index in [1.54, 1.807) is 4.90 Å². The van der Waals surface area contributed by atoms with Gasteiger partial charge in [-0.3, -0.25) is 9.59 Å². The Morgan fingerprint density at radius 3 is 2.47 bits per heavy atom. The Morgan fingerprint density at radius 2 is 1.81 bits per heavy atom. The number of alkyl halides is 3. The third-order valence-electron chi connectivity index (χ3n) is 5.66. The van der Waals surface area contributed by atoms with Crippen LogP contribution in [-0.2, 0) is 11.0 Å². The van der Waals surface area contributed by atoms with Gasteiger partial charge in [0.2, 0.25) is 5.91 Å². The molecule has 2 heterocycles. The van der Waals surface area contributed by atoms with E-state index in [1.165, 1.54) is 11.8 Å². The number of hydrogen-bond donors (Lipinski definition) is 1. The molecule has 0 aliphatic carbocycles. The second kappa shape index (κ2) is 8.82. The fraction of sp³-hybridized carbons (Fsp3) is 0.250. The van der Waals surface area contributed by atoms with E-state index in [0.29, 0.717) is 19.5 Å². The standard InChI is InChI=1S/C24H20ClF3N2O2/c25-19-7-6-18(24(26,27)28)22-17(14-29-23(19)22)20(31)8-9-21(32)30-12-10-16(11-13-30)15-4-2-1-3-5-15/h1-7,10,14,29H,8-9,11-13H2. The molecule has 8 heteroatoms. The largest absolute Gasteiger partial charge is 0.417 e. The van der Waals surface area contributed by atoms with Gasteiger partial charge in [-0.15, -0.1) is 0 Å². The van der Waals surface area contributed by atoms with Crippen molar-refractivity contribution in [3.8, 4) is 0 Å². The Labute approximate surface area is 187 Å². The van der Waals surface area contributed by atoms with Crippen molar-refractivity contribution in [2.45, 2.75) is 25.4 Å². The minimum absolute atomic E-state index is 0.0609. The number of Topliss-reactive ketones (excluding diaryl/α,β-unsaturated/α-hetero) is 1. The molecule has 0 bridgehead atoms. The molecule has 0 atom stereocenters. The first kappa shape index (κ1) is 22.1. The van der Waals surface area contributed by atoms with Crippen molar-refractivity contribution in [3.05, 3.63) is 76.5 Å². The number of nitrogens with one attached hydrogen (secondary N) is 1. The van der Waals surface area contributed by atoms with Crippen molar-refractivity contribution in [3.63, 3.8) is 0 Å². The van der Waals surface area contributed by atoms with Crippen molar-refractivity contribution >= 4 is 39.8 Å². The summed E-state index contributed by atoms with van der Waals surface area (Å²) in [7, 11) is 0. The van der Waals surface area contributed by atoms with Gasteiger partial charge < -0.3 is 9.88 Å². The normalized spacial score (nSPS) is 14.5. The zero-order valence-corrected chi connectivity index (χ0v) is 17.8. The highest BCUT2D eigenvalue weighted by Crippen LogP contribution is 2.39. The summed E-state index contributed by atoms with van der Waals surface area (Å²) in [6.45, 7) is 0.979. The first-order valence-corrected chi connectivity index (χ1v) is 10.6. The predicted octanol–water partition coefficient (Wildman–Crippen LogP) is 6.12. The molecule has 2 aromatic carbocycles. The predicted molar refractivity (Wildman–Crippen MR) is 117 cm³/mol. The quantitative estimate of drug-likeness (QED) is 0.466. The summed E-state index contributed by atoms with van der Waals surface area (Å²) >= 11 is 6.01. The molecule has 1 aliphatic heterocycles. The van der Waals surface area contributed by atoms with Gasteiger partial charge in [0.15, 0.2) is 5.78 Å². The summed E-state index contributed by atoms with van der Waals surface area (Å²) in [5.74, 6) is -0.731. The Bertz CT molecular complexity index is 1200. The Morgan fingerprint density at radius 1 is 1.06 bits per heavy atom. The van der Waals surface area contributed by atoms with Crippen LogP contribution in [-0.4, -0.2) is 34.7 Å². The Hall–Kier alpha value is -3.06. The van der Waals surface area contributed by atoms with Crippen LogP contribution in [0.1, 0.15) is 40.7 Å². The number of halogens is 4. The third-order valence-corrected chi connectivity index (χ3v) is 5.98. The molecule has 1 aliphatic rings. The molecule has 3 aromatic rings. The molecular formula is C24H20ClF3N2O2. The van der Waals surface area contributed by atoms with Crippen LogP contribution >= 0.6 is 11.6 Å². The van der Waals surface area contributed by atoms with Gasteiger partial charge in [0, 0.05) is 43.1 Å². The minimum Gasteiger partial charge on any atom is -0.359 e. The molecule has 1 amide bonds. The highest BCUT2D eigenvalue weighted by atomic mass is 35.5. The van der Waals surface area contributed by atoms with E-state index in [2.05, 4.69) is 4.98 Å². The highest BCUT2D eigenvalue weighted by molar-refractivity contribution is 6.35. The number of rotatable bonds is 5. The number of ketones is 1. The molecule has 4 rings (SSSR count). The van der Waals surface area contributed by atoms with Crippen LogP contribution in [0.4, 0.5) is 13.2 Å². The van der Waals surface area contributed by atoms with Crippen LogP contribution in [0.3, 0.4) is 0 Å². The molecule has 32 heavy (non-hydrogen) atoms. The molecule has 0 saturated heterocycles. The van der Waals surface area contributed by atoms with E-state index in [9.17, 15) is 22.8 Å². The number of hydrogen-bond acceptors (Lipinski definition) is 2. The van der Waals surface area contributed by atoms with E-state index >= 15 is 0 Å². The minimum atomic E-state index is -4.63. The van der Waals surface area contributed by atoms with Gasteiger partial charge in [-0.1, -0.05) is 48.0 Å². The fourth-order valence-corrected chi connectivity index (χ4v) is 4.21. The maximum atomic E-state index is 13.4. The van der Waals surface area contributed by atoms with E-state index in [4.69, 9.17) is 11.6 Å². The van der Waals surface area contributed by atoms with Gasteiger partial charge in [-0.05, 0) is 29.7 Å². The molecule has 0 spiro atoms. The summed E-state index contributed by atoms with van der Waals surface area (Å²) in [6, 6.07) is 11.9. The van der Waals surface area contributed by atoms with Crippen LogP contribution in [0.15, 0.2) is 54.7 Å². The number of fused-ring (bicyclic) bond motifs is 1. The van der Waals surface area contributed by atoms with Gasteiger partial charge in [-0.25, -0.2) is 0 Å². The van der Waals surface area contributed by atoms with Crippen LogP contribution in [0, 0.1) is 0 Å². The van der Waals surface area contributed by atoms with Crippen molar-refractivity contribution < 1.29 is 22.8 Å². The maximum Gasteiger partial charge on any atom is 0.417 e. The van der Waals surface area contributed by atoms with Gasteiger partial charge in [0.05, 0.1) is 16.1 Å². The smallest absolute Gasteiger partial charge is 0.359 e. The zero-order valence-electron chi connectivity index (χ0n) is 17.0. The molecule has 1 aromatic heterocycles. The van der Waals surface area contributed by atoms with E-state index in [1.807, 2.05) is 36.4 Å². The first-order valence-electron chi connectivity index (χ1n) is 10.2. The third kappa shape index (κ3) is 4.43. The first-order chi connectivity index (χ1) is 15.3. The molecule has 4 nitrogen and oxygen atoms in total. The van der Waals surface area contributed by atoms with Crippen molar-refractivity contribution in [2.75, 3.05) is 13.1 Å². The molecule has 0 saturated carbocycles. The van der Waals surface area contributed by atoms with Gasteiger partial charge in [0.25, 0.3) is 0 Å². The summed E-state index contributed by atoms with van der Waals surface area (Å²) in [5.41, 5.74) is 1.31. The number of carbonyl (C=O) groups excluding carboxylic acids is 2. The summed E-state index contributed by atoms with van der Waals surface area (Å²) < 4.78 is 40.3. The van der Waals surface area contributed by atoms with Crippen LogP contribution in [0.2, 0.25) is 5.02 Å². The second-order valence-corrected chi connectivity index (χ2v) is 8.06. The average molecular weight is 461 g/mol. The van der Waals surface area contributed by atoms with Crippen LogP contribution in [0.5, 0.6) is 0 Å². The number of carbonyl (C=O) groups is 2. The van der Waals surface area contributed by atoms with Crippen molar-refractivity contribution in [1.82, 2.24) is 9.88 Å². The zero-order chi connectivity index (χ0) is 22.9. The number of amides is 1. The molecule has 0 unspecified atom stereocenters. The van der Waals surface area contributed by atoms with Crippen molar-refractivity contribution in [2.24, 2.45) is 0 Å². The molecule has 1 N–H and O–H groups in total. The SMILES string of the molecule is O=C(CCC(=O)N1CC=C(c2ccccc2)CC1)c1c[nH]c2c(Cl)ccc(C(F)(F)F)c12. The van der Waals surface area contributed by atoms with E-state index < -0.39 is 17.5 Å². The lowest BCUT2D eigenvalue weighted by atomic mass is 9.98. The van der Waals surface area contributed by atoms with Gasteiger partial charge >= 0.3 is 6.18 Å². The maximum absolute atomic E-state index is 13.4. The lowest BCUT2D eigenvalue weighted by Gasteiger charge is -2.26.